The smallest absolute Gasteiger partial charge is 0.276 e. The maximum atomic E-state index is 13.8. The number of carbonyl (C=O) groups excluding carboxylic acids is 2. The molecule has 1 aliphatic heterocycles. The Morgan fingerprint density at radius 2 is 1.76 bits per heavy atom. The molecule has 1 aromatic heterocycles. The molecule has 2 saturated carbocycles. The van der Waals surface area contributed by atoms with Crippen LogP contribution in [0.25, 0.3) is 0 Å². The van der Waals surface area contributed by atoms with Crippen LogP contribution >= 0.6 is 0 Å². The van der Waals surface area contributed by atoms with Crippen molar-refractivity contribution in [2.75, 3.05) is 53.6 Å². The first-order valence-corrected chi connectivity index (χ1v) is 15.0. The van der Waals surface area contributed by atoms with Gasteiger partial charge >= 0.3 is 0 Å². The molecule has 1 saturated heterocycles. The molecule has 41 heavy (non-hydrogen) atoms. The van der Waals surface area contributed by atoms with Crippen LogP contribution in [0.4, 0.5) is 0 Å². The molecule has 1 aromatic carbocycles. The molecule has 2 atom stereocenters. The van der Waals surface area contributed by atoms with Crippen LogP contribution < -0.4 is 14.8 Å². The van der Waals surface area contributed by atoms with Gasteiger partial charge in [-0.3, -0.25) is 9.59 Å². The first kappa shape index (κ1) is 29.4. The van der Waals surface area contributed by atoms with Gasteiger partial charge < -0.3 is 33.9 Å². The number of rotatable bonds is 15. The Hall–Kier alpha value is -3.11. The summed E-state index contributed by atoms with van der Waals surface area (Å²) in [5.74, 6) is 2.77. The molecular formula is C31H44N4O6. The second-order valence-corrected chi connectivity index (χ2v) is 11.9. The predicted octanol–water partition coefficient (Wildman–Crippen LogP) is 3.97. The van der Waals surface area contributed by atoms with E-state index in [0.717, 1.165) is 51.0 Å². The van der Waals surface area contributed by atoms with Crippen molar-refractivity contribution < 1.29 is 28.3 Å². The van der Waals surface area contributed by atoms with Crippen molar-refractivity contribution in [1.82, 2.24) is 20.3 Å². The third-order valence-corrected chi connectivity index (χ3v) is 8.36. The summed E-state index contributed by atoms with van der Waals surface area (Å²) in [5, 5.41) is 7.63. The Balaban J connectivity index is 1.26. The summed E-state index contributed by atoms with van der Waals surface area (Å²) in [5.41, 5.74) is 0.982. The molecule has 0 spiro atoms. The van der Waals surface area contributed by atoms with Gasteiger partial charge in [0.1, 0.15) is 5.76 Å². The minimum Gasteiger partial charge on any atom is -0.493 e. The van der Waals surface area contributed by atoms with Gasteiger partial charge in [-0.1, -0.05) is 5.16 Å². The number of methoxy groups -OCH3 is 2. The van der Waals surface area contributed by atoms with E-state index in [4.69, 9.17) is 18.7 Å². The van der Waals surface area contributed by atoms with E-state index in [1.165, 1.54) is 0 Å². The fraction of sp³-hybridized carbons (Fsp3) is 0.645. The molecule has 10 heteroatoms. The van der Waals surface area contributed by atoms with Crippen LogP contribution in [0, 0.1) is 11.8 Å². The second-order valence-electron chi connectivity index (χ2n) is 11.9. The van der Waals surface area contributed by atoms with Gasteiger partial charge in [0.25, 0.3) is 11.8 Å². The molecule has 1 unspecified atom stereocenters. The lowest BCUT2D eigenvalue weighted by atomic mass is 9.93. The van der Waals surface area contributed by atoms with Crippen molar-refractivity contribution in [1.29, 1.82) is 0 Å². The van der Waals surface area contributed by atoms with Crippen molar-refractivity contribution >= 4 is 11.8 Å². The van der Waals surface area contributed by atoms with Crippen LogP contribution in [0.2, 0.25) is 0 Å². The number of hydrogen-bond donors (Lipinski definition) is 1. The van der Waals surface area contributed by atoms with E-state index in [2.05, 4.69) is 10.5 Å². The third-order valence-electron chi connectivity index (χ3n) is 8.36. The fourth-order valence-electron chi connectivity index (χ4n) is 5.60. The van der Waals surface area contributed by atoms with Gasteiger partial charge in [-0.05, 0) is 69.6 Å². The van der Waals surface area contributed by atoms with E-state index >= 15 is 0 Å². The molecule has 0 radical (unpaired) electrons. The molecule has 0 bridgehead atoms. The van der Waals surface area contributed by atoms with Crippen LogP contribution in [-0.4, -0.2) is 92.5 Å². The third kappa shape index (κ3) is 7.22. The summed E-state index contributed by atoms with van der Waals surface area (Å²) in [6, 6.07) is 7.46. The predicted molar refractivity (Wildman–Crippen MR) is 154 cm³/mol. The van der Waals surface area contributed by atoms with Crippen molar-refractivity contribution in [3.8, 4) is 11.5 Å². The highest BCUT2D eigenvalue weighted by Gasteiger charge is 2.40. The molecular weight excluding hydrogens is 524 g/mol. The van der Waals surface area contributed by atoms with E-state index in [9.17, 15) is 9.59 Å². The lowest BCUT2D eigenvalue weighted by Crippen LogP contribution is -2.45. The van der Waals surface area contributed by atoms with Gasteiger partial charge in [0.2, 0.25) is 0 Å². The fourth-order valence-corrected chi connectivity index (χ4v) is 5.60. The number of benzene rings is 1. The summed E-state index contributed by atoms with van der Waals surface area (Å²) in [7, 11) is 3.25. The summed E-state index contributed by atoms with van der Waals surface area (Å²) in [4.78, 5) is 31.2. The minimum absolute atomic E-state index is 0.00839. The molecule has 10 nitrogen and oxygen atoms in total. The quantitative estimate of drug-likeness (QED) is 0.322. The van der Waals surface area contributed by atoms with Crippen LogP contribution in [0.1, 0.15) is 78.5 Å². The van der Waals surface area contributed by atoms with Gasteiger partial charge in [-0.15, -0.1) is 0 Å². The standard InChI is InChI=1S/C31H44N4O6/c1-20(2)34(30(36)22-8-11-27(39-4)29(14-22)40-13-5-12-38-3)18-23-16-32-17-24(23)19-35(25-9-10-25)31(37)26-15-28(41-33-26)21-6-7-21/h8,11,14-15,20-21,23-25,32H,5-7,9-10,12-13,16-19H2,1-4H3/t23-,24?/m0/s1. The highest BCUT2D eigenvalue weighted by Crippen LogP contribution is 2.40. The summed E-state index contributed by atoms with van der Waals surface area (Å²) < 4.78 is 22.0. The molecule has 224 valence electrons. The van der Waals surface area contributed by atoms with Crippen LogP contribution in [0.5, 0.6) is 11.5 Å². The first-order chi connectivity index (χ1) is 19.9. The van der Waals surface area contributed by atoms with Crippen molar-refractivity contribution in [3.63, 3.8) is 0 Å². The Bertz CT molecular complexity index is 1190. The van der Waals surface area contributed by atoms with E-state index in [0.29, 0.717) is 55.0 Å². The molecule has 3 fully saturated rings. The SMILES string of the molecule is COCCCOc1cc(C(=O)N(C[C@@H]2CNCC2CN(C(=O)c2cc(C3CC3)on2)C2CC2)C(C)C)ccc1OC. The normalized spacial score (nSPS) is 20.3. The molecule has 2 amide bonds. The zero-order valence-electron chi connectivity index (χ0n) is 24.8. The second kappa shape index (κ2) is 13.2. The number of nitrogens with zero attached hydrogens (tertiary/aromatic N) is 3. The number of amides is 2. The largest absolute Gasteiger partial charge is 0.493 e. The number of aromatic nitrogens is 1. The summed E-state index contributed by atoms with van der Waals surface area (Å²) in [6.45, 7) is 8.03. The molecule has 1 N–H and O–H groups in total. The number of hydrogen-bond acceptors (Lipinski definition) is 8. The molecule has 2 aliphatic carbocycles. The molecule has 2 aromatic rings. The monoisotopic (exact) mass is 568 g/mol. The van der Waals surface area contributed by atoms with Crippen LogP contribution in [0.3, 0.4) is 0 Å². The van der Waals surface area contributed by atoms with Gasteiger partial charge in [-0.25, -0.2) is 0 Å². The van der Waals surface area contributed by atoms with Gasteiger partial charge in [0, 0.05) is 75.9 Å². The van der Waals surface area contributed by atoms with Crippen molar-refractivity contribution in [2.45, 2.75) is 64.0 Å². The van der Waals surface area contributed by atoms with Crippen molar-refractivity contribution in [2.24, 2.45) is 11.8 Å². The molecule has 5 rings (SSSR count). The van der Waals surface area contributed by atoms with E-state index in [1.807, 2.05) is 29.7 Å². The average Bonchev–Trinajstić information content (AvgIpc) is 3.91. The topological polar surface area (TPSA) is 106 Å². The van der Waals surface area contributed by atoms with E-state index in [1.54, 1.807) is 32.4 Å². The maximum Gasteiger partial charge on any atom is 0.276 e. The average molecular weight is 569 g/mol. The minimum atomic E-state index is -0.0413. The van der Waals surface area contributed by atoms with Crippen LogP contribution in [-0.2, 0) is 4.74 Å². The zero-order valence-corrected chi connectivity index (χ0v) is 24.8. The number of ether oxygens (including phenoxy) is 3. The van der Waals surface area contributed by atoms with Gasteiger partial charge in [0.15, 0.2) is 17.2 Å². The summed E-state index contributed by atoms with van der Waals surface area (Å²) >= 11 is 0. The zero-order chi connectivity index (χ0) is 28.9. The molecule has 3 aliphatic rings. The summed E-state index contributed by atoms with van der Waals surface area (Å²) in [6.07, 6.45) is 5.00. The van der Waals surface area contributed by atoms with Gasteiger partial charge in [0.05, 0.1) is 13.7 Å². The number of carbonyl (C=O) groups is 2. The highest BCUT2D eigenvalue weighted by atomic mass is 16.5. The van der Waals surface area contributed by atoms with E-state index < -0.39 is 0 Å². The Labute approximate surface area is 242 Å². The van der Waals surface area contributed by atoms with Gasteiger partial charge in [-0.2, -0.15) is 0 Å². The van der Waals surface area contributed by atoms with Crippen molar-refractivity contribution in [3.05, 3.63) is 41.3 Å². The Kier molecular flexibility index (Phi) is 9.49. The Morgan fingerprint density at radius 3 is 2.41 bits per heavy atom. The van der Waals surface area contributed by atoms with Crippen LogP contribution in [0.15, 0.2) is 28.8 Å². The lowest BCUT2D eigenvalue weighted by Gasteiger charge is -2.33. The molecule has 2 heterocycles. The number of nitrogens with one attached hydrogen (secondary N) is 1. The van der Waals surface area contributed by atoms with E-state index in [-0.39, 0.29) is 35.7 Å². The Morgan fingerprint density at radius 1 is 1.00 bits per heavy atom. The lowest BCUT2D eigenvalue weighted by molar-refractivity contribution is 0.0609. The maximum absolute atomic E-state index is 13.8. The highest BCUT2D eigenvalue weighted by molar-refractivity contribution is 5.95. The first-order valence-electron chi connectivity index (χ1n) is 15.0.